The van der Waals surface area contributed by atoms with Crippen LogP contribution < -0.4 is 0 Å². The maximum atomic E-state index is 12.2. The van der Waals surface area contributed by atoms with E-state index >= 15 is 0 Å². The number of carbonyl (C=O) groups is 1. The smallest absolute Gasteiger partial charge is 0.224 e. The zero-order chi connectivity index (χ0) is 15.0. The number of fused-ring (bicyclic) bond motifs is 1. The van der Waals surface area contributed by atoms with Crippen LogP contribution in [0.1, 0.15) is 26.7 Å². The standard InChI is InChI=1S/C16H28N2O3/c1-16(2)14(12-5-9-21-15(12)16)17(3)6-4-13(19)18-7-10-20-11-8-18/h12,14-15H,4-11H2,1-3H3/t12-,14-,15+/m1/s1. The van der Waals surface area contributed by atoms with Crippen LogP contribution in [-0.2, 0) is 14.3 Å². The second-order valence-corrected chi connectivity index (χ2v) is 7.23. The van der Waals surface area contributed by atoms with Crippen LogP contribution in [0, 0.1) is 11.3 Å². The van der Waals surface area contributed by atoms with E-state index in [9.17, 15) is 4.79 Å². The molecular formula is C16H28N2O3. The summed E-state index contributed by atoms with van der Waals surface area (Å²) >= 11 is 0. The fourth-order valence-corrected chi connectivity index (χ4v) is 4.57. The van der Waals surface area contributed by atoms with E-state index in [1.807, 2.05) is 4.90 Å². The number of amides is 1. The minimum absolute atomic E-state index is 0.206. The molecule has 21 heavy (non-hydrogen) atoms. The van der Waals surface area contributed by atoms with Gasteiger partial charge in [-0.05, 0) is 13.5 Å². The molecule has 1 aliphatic carbocycles. The summed E-state index contributed by atoms with van der Waals surface area (Å²) in [5.74, 6) is 0.921. The van der Waals surface area contributed by atoms with Gasteiger partial charge in [0.1, 0.15) is 0 Å². The van der Waals surface area contributed by atoms with Crippen molar-refractivity contribution < 1.29 is 14.3 Å². The molecule has 0 spiro atoms. The number of hydrogen-bond donors (Lipinski definition) is 0. The average molecular weight is 296 g/mol. The molecule has 0 N–H and O–H groups in total. The van der Waals surface area contributed by atoms with E-state index in [-0.39, 0.29) is 11.3 Å². The Kier molecular flexibility index (Phi) is 4.26. The summed E-state index contributed by atoms with van der Waals surface area (Å²) in [6, 6.07) is 0.544. The number of carbonyl (C=O) groups excluding carboxylic acids is 1. The third-order valence-corrected chi connectivity index (χ3v) is 5.56. The summed E-state index contributed by atoms with van der Waals surface area (Å²) < 4.78 is 11.1. The van der Waals surface area contributed by atoms with Crippen LogP contribution in [0.25, 0.3) is 0 Å². The summed E-state index contributed by atoms with van der Waals surface area (Å²) in [5, 5.41) is 0. The molecule has 3 rings (SSSR count). The van der Waals surface area contributed by atoms with E-state index < -0.39 is 0 Å². The van der Waals surface area contributed by atoms with Gasteiger partial charge in [0.05, 0.1) is 19.3 Å². The molecule has 120 valence electrons. The van der Waals surface area contributed by atoms with Crippen LogP contribution >= 0.6 is 0 Å². The first-order chi connectivity index (χ1) is 10.0. The fraction of sp³-hybridized carbons (Fsp3) is 0.938. The molecule has 0 aromatic heterocycles. The van der Waals surface area contributed by atoms with Gasteiger partial charge in [-0.3, -0.25) is 4.79 Å². The molecular weight excluding hydrogens is 268 g/mol. The lowest BCUT2D eigenvalue weighted by atomic mass is 9.57. The molecule has 2 heterocycles. The van der Waals surface area contributed by atoms with Gasteiger partial charge in [-0.15, -0.1) is 0 Å². The number of ether oxygens (including phenoxy) is 2. The number of nitrogens with zero attached hydrogens (tertiary/aromatic N) is 2. The lowest BCUT2D eigenvalue weighted by Crippen LogP contribution is -2.66. The monoisotopic (exact) mass is 296 g/mol. The van der Waals surface area contributed by atoms with E-state index in [1.165, 1.54) is 6.42 Å². The third-order valence-electron chi connectivity index (χ3n) is 5.56. The van der Waals surface area contributed by atoms with Crippen molar-refractivity contribution >= 4 is 5.91 Å². The van der Waals surface area contributed by atoms with Gasteiger partial charge in [-0.25, -0.2) is 0 Å². The molecule has 5 heteroatoms. The van der Waals surface area contributed by atoms with Gasteiger partial charge >= 0.3 is 0 Å². The number of rotatable bonds is 4. The van der Waals surface area contributed by atoms with Crippen molar-refractivity contribution in [3.05, 3.63) is 0 Å². The molecule has 0 aromatic carbocycles. The Morgan fingerprint density at radius 3 is 2.71 bits per heavy atom. The predicted octanol–water partition coefficient (Wildman–Crippen LogP) is 0.981. The normalized spacial score (nSPS) is 34.7. The van der Waals surface area contributed by atoms with E-state index in [2.05, 4.69) is 25.8 Å². The summed E-state index contributed by atoms with van der Waals surface area (Å²) in [5.41, 5.74) is 0.206. The van der Waals surface area contributed by atoms with Gasteiger partial charge in [0.2, 0.25) is 5.91 Å². The topological polar surface area (TPSA) is 42.0 Å². The van der Waals surface area contributed by atoms with E-state index in [0.717, 1.165) is 26.2 Å². The lowest BCUT2D eigenvalue weighted by Gasteiger charge is -2.58. The van der Waals surface area contributed by atoms with Gasteiger partial charge in [0, 0.05) is 50.0 Å². The van der Waals surface area contributed by atoms with Crippen molar-refractivity contribution in [2.45, 2.75) is 38.8 Å². The second-order valence-electron chi connectivity index (χ2n) is 7.23. The van der Waals surface area contributed by atoms with Crippen molar-refractivity contribution in [1.29, 1.82) is 0 Å². The zero-order valence-corrected chi connectivity index (χ0v) is 13.5. The Labute approximate surface area is 127 Å². The van der Waals surface area contributed by atoms with Crippen molar-refractivity contribution in [1.82, 2.24) is 9.80 Å². The Morgan fingerprint density at radius 1 is 1.29 bits per heavy atom. The van der Waals surface area contributed by atoms with Gasteiger partial charge in [0.15, 0.2) is 0 Å². The quantitative estimate of drug-likeness (QED) is 0.775. The maximum absolute atomic E-state index is 12.2. The molecule has 0 bridgehead atoms. The lowest BCUT2D eigenvalue weighted by molar-refractivity contribution is -0.152. The molecule has 0 radical (unpaired) electrons. The third kappa shape index (κ3) is 2.71. The van der Waals surface area contributed by atoms with Crippen LogP contribution in [-0.4, -0.2) is 74.4 Å². The molecule has 0 unspecified atom stereocenters. The highest BCUT2D eigenvalue weighted by Crippen LogP contribution is 2.54. The zero-order valence-electron chi connectivity index (χ0n) is 13.5. The summed E-state index contributed by atoms with van der Waals surface area (Å²) in [4.78, 5) is 16.6. The van der Waals surface area contributed by atoms with Crippen molar-refractivity contribution in [2.24, 2.45) is 11.3 Å². The predicted molar refractivity (Wildman–Crippen MR) is 80.1 cm³/mol. The molecule has 1 saturated carbocycles. The van der Waals surface area contributed by atoms with Gasteiger partial charge in [0.25, 0.3) is 0 Å². The number of morpholine rings is 1. The van der Waals surface area contributed by atoms with Crippen LogP contribution in [0.15, 0.2) is 0 Å². The van der Waals surface area contributed by atoms with Crippen LogP contribution in [0.5, 0.6) is 0 Å². The Hall–Kier alpha value is -0.650. The second kappa shape index (κ2) is 5.86. The summed E-state index contributed by atoms with van der Waals surface area (Å²) in [6.07, 6.45) is 2.20. The van der Waals surface area contributed by atoms with Crippen LogP contribution in [0.3, 0.4) is 0 Å². The molecule has 3 aliphatic rings. The highest BCUT2D eigenvalue weighted by molar-refractivity contribution is 5.76. The largest absolute Gasteiger partial charge is 0.378 e. The van der Waals surface area contributed by atoms with E-state index in [1.54, 1.807) is 0 Å². The van der Waals surface area contributed by atoms with Gasteiger partial charge < -0.3 is 19.3 Å². The Balaban J connectivity index is 1.50. The van der Waals surface area contributed by atoms with Crippen molar-refractivity contribution in [3.63, 3.8) is 0 Å². The Bertz CT molecular complexity index is 393. The van der Waals surface area contributed by atoms with Crippen molar-refractivity contribution in [3.8, 4) is 0 Å². The molecule has 5 nitrogen and oxygen atoms in total. The van der Waals surface area contributed by atoms with Crippen LogP contribution in [0.2, 0.25) is 0 Å². The van der Waals surface area contributed by atoms with Gasteiger partial charge in [-0.2, -0.15) is 0 Å². The number of hydrogen-bond acceptors (Lipinski definition) is 4. The highest BCUT2D eigenvalue weighted by Gasteiger charge is 2.60. The van der Waals surface area contributed by atoms with E-state index in [4.69, 9.17) is 9.47 Å². The summed E-state index contributed by atoms with van der Waals surface area (Å²) in [6.45, 7) is 9.18. The highest BCUT2D eigenvalue weighted by atomic mass is 16.5. The minimum Gasteiger partial charge on any atom is -0.378 e. The van der Waals surface area contributed by atoms with Crippen LogP contribution in [0.4, 0.5) is 0 Å². The SMILES string of the molecule is CN(CCC(=O)N1CCOCC1)[C@@H]1[C@H]2CCO[C@@H]2C1(C)C. The molecule has 2 aliphatic heterocycles. The molecule has 0 aromatic rings. The molecule has 3 atom stereocenters. The van der Waals surface area contributed by atoms with Crippen molar-refractivity contribution in [2.75, 3.05) is 46.5 Å². The summed E-state index contributed by atoms with van der Waals surface area (Å²) in [7, 11) is 2.16. The first kappa shape index (κ1) is 15.3. The minimum atomic E-state index is 0.206. The first-order valence-electron chi connectivity index (χ1n) is 8.19. The molecule has 2 saturated heterocycles. The van der Waals surface area contributed by atoms with E-state index in [0.29, 0.717) is 37.7 Å². The molecule has 3 fully saturated rings. The average Bonchev–Trinajstić information content (AvgIpc) is 2.91. The van der Waals surface area contributed by atoms with Gasteiger partial charge in [-0.1, -0.05) is 13.8 Å². The maximum Gasteiger partial charge on any atom is 0.224 e. The Morgan fingerprint density at radius 2 is 2.00 bits per heavy atom. The molecule has 1 amide bonds. The fourth-order valence-electron chi connectivity index (χ4n) is 4.57. The first-order valence-corrected chi connectivity index (χ1v) is 8.19.